The predicted molar refractivity (Wildman–Crippen MR) is 129 cm³/mol. The van der Waals surface area contributed by atoms with Gasteiger partial charge < -0.3 is 23.8 Å². The van der Waals surface area contributed by atoms with Gasteiger partial charge in [0.25, 0.3) is 0 Å². The van der Waals surface area contributed by atoms with Crippen molar-refractivity contribution in [3.63, 3.8) is 0 Å². The van der Waals surface area contributed by atoms with Gasteiger partial charge in [0, 0.05) is 20.8 Å². The first-order valence-electron chi connectivity index (χ1n) is 10.7. The van der Waals surface area contributed by atoms with Crippen LogP contribution in [0.15, 0.2) is 54.6 Å². The number of aryl methyl sites for hydroxylation is 4. The molecule has 0 aliphatic rings. The number of hydrogen-bond donors (Lipinski definition) is 0. The molecule has 0 unspecified atom stereocenters. The van der Waals surface area contributed by atoms with Crippen molar-refractivity contribution in [3.8, 4) is 11.5 Å². The van der Waals surface area contributed by atoms with Gasteiger partial charge in [0.05, 0.1) is 11.4 Å². The summed E-state index contributed by atoms with van der Waals surface area (Å²) < 4.78 is 22.6. The molecule has 0 saturated heterocycles. The van der Waals surface area contributed by atoms with E-state index >= 15 is 0 Å². The molecule has 0 aromatic heterocycles. The molecular weight excluding hydrogens is 402 g/mol. The summed E-state index contributed by atoms with van der Waals surface area (Å²) in [5, 5.41) is 0. The molecule has 0 bridgehead atoms. The van der Waals surface area contributed by atoms with Crippen LogP contribution in [0.4, 0.5) is 11.4 Å². The lowest BCUT2D eigenvalue weighted by molar-refractivity contribution is 0.0505. The fraction of sp³-hybridized carbons (Fsp3) is 0.333. The van der Waals surface area contributed by atoms with Gasteiger partial charge in [0.1, 0.15) is 11.5 Å². The van der Waals surface area contributed by atoms with Crippen molar-refractivity contribution in [1.29, 1.82) is 0 Å². The highest BCUT2D eigenvalue weighted by atomic mass is 16.7. The van der Waals surface area contributed by atoms with Gasteiger partial charge in [-0.1, -0.05) is 42.5 Å². The minimum Gasteiger partial charge on any atom is -0.465 e. The van der Waals surface area contributed by atoms with Crippen LogP contribution in [0, 0.1) is 27.7 Å². The number of benzene rings is 3. The molecule has 5 heteroatoms. The Kier molecular flexibility index (Phi) is 8.14. The van der Waals surface area contributed by atoms with E-state index in [1.54, 1.807) is 14.2 Å². The zero-order valence-corrected chi connectivity index (χ0v) is 19.9. The molecule has 0 aliphatic carbocycles. The Bertz CT molecular complexity index is 970. The molecule has 0 aliphatic heterocycles. The number of anilines is 2. The van der Waals surface area contributed by atoms with E-state index in [1.165, 1.54) is 5.56 Å². The Morgan fingerprint density at radius 3 is 1.56 bits per heavy atom. The molecule has 0 radical (unpaired) electrons. The first-order valence-corrected chi connectivity index (χ1v) is 10.7. The van der Waals surface area contributed by atoms with Crippen LogP contribution in [0.5, 0.6) is 11.5 Å². The van der Waals surface area contributed by atoms with Crippen LogP contribution in [0.3, 0.4) is 0 Å². The van der Waals surface area contributed by atoms with Crippen LogP contribution < -0.4 is 14.4 Å². The Hall–Kier alpha value is -3.02. The maximum absolute atomic E-state index is 6.06. The molecule has 0 fully saturated rings. The molecule has 3 aromatic carbocycles. The molecule has 0 spiro atoms. The average molecular weight is 436 g/mol. The Morgan fingerprint density at radius 2 is 1.12 bits per heavy atom. The minimum atomic E-state index is 0.177. The summed E-state index contributed by atoms with van der Waals surface area (Å²) >= 11 is 0. The monoisotopic (exact) mass is 435 g/mol. The van der Waals surface area contributed by atoms with Crippen LogP contribution in [0.25, 0.3) is 0 Å². The van der Waals surface area contributed by atoms with E-state index in [0.717, 1.165) is 45.1 Å². The smallest absolute Gasteiger partial charge is 0.188 e. The normalized spacial score (nSPS) is 10.8. The fourth-order valence-corrected chi connectivity index (χ4v) is 3.94. The van der Waals surface area contributed by atoms with Crippen LogP contribution in [0.2, 0.25) is 0 Å². The van der Waals surface area contributed by atoms with Crippen molar-refractivity contribution < 1.29 is 18.9 Å². The van der Waals surface area contributed by atoms with Gasteiger partial charge in [-0.25, -0.2) is 0 Å². The Balaban J connectivity index is 2.23. The lowest BCUT2D eigenvalue weighted by Crippen LogP contribution is -2.20. The number of rotatable bonds is 10. The zero-order chi connectivity index (χ0) is 23.1. The molecule has 0 heterocycles. The van der Waals surface area contributed by atoms with E-state index in [4.69, 9.17) is 18.9 Å². The molecule has 0 saturated carbocycles. The highest BCUT2D eigenvalue weighted by molar-refractivity contribution is 5.77. The molecule has 170 valence electrons. The van der Waals surface area contributed by atoms with Crippen molar-refractivity contribution >= 4 is 11.4 Å². The summed E-state index contributed by atoms with van der Waals surface area (Å²) in [6.45, 7) is 9.32. The van der Waals surface area contributed by atoms with Crippen molar-refractivity contribution in [2.75, 3.05) is 32.7 Å². The van der Waals surface area contributed by atoms with Gasteiger partial charge in [-0.3, -0.25) is 0 Å². The zero-order valence-electron chi connectivity index (χ0n) is 19.9. The van der Waals surface area contributed by atoms with E-state index in [1.807, 2.05) is 6.07 Å². The molecular formula is C27H33NO4. The van der Waals surface area contributed by atoms with Gasteiger partial charge in [-0.05, 0) is 67.6 Å². The maximum atomic E-state index is 6.06. The lowest BCUT2D eigenvalue weighted by Gasteiger charge is -2.31. The first kappa shape index (κ1) is 23.6. The summed E-state index contributed by atoms with van der Waals surface area (Å²) in [6.07, 6.45) is 0. The molecule has 0 amide bonds. The van der Waals surface area contributed by atoms with Crippen molar-refractivity contribution in [1.82, 2.24) is 0 Å². The Morgan fingerprint density at radius 1 is 0.656 bits per heavy atom. The maximum Gasteiger partial charge on any atom is 0.188 e. The summed E-state index contributed by atoms with van der Waals surface area (Å²) in [4.78, 5) is 2.26. The molecule has 3 aromatic rings. The third kappa shape index (κ3) is 5.61. The van der Waals surface area contributed by atoms with Crippen LogP contribution >= 0.6 is 0 Å². The SMILES string of the molecule is COCOc1c(C)cc(C)cc1N(Cc1ccccc1)c1cc(C)cc(C)c1OCOC. The van der Waals surface area contributed by atoms with E-state index < -0.39 is 0 Å². The van der Waals surface area contributed by atoms with Crippen LogP contribution in [0.1, 0.15) is 27.8 Å². The average Bonchev–Trinajstić information content (AvgIpc) is 2.76. The third-order valence-electron chi connectivity index (χ3n) is 5.21. The summed E-state index contributed by atoms with van der Waals surface area (Å²) in [7, 11) is 3.26. The third-order valence-corrected chi connectivity index (χ3v) is 5.21. The lowest BCUT2D eigenvalue weighted by atomic mass is 10.0. The molecule has 5 nitrogen and oxygen atoms in total. The van der Waals surface area contributed by atoms with Crippen molar-refractivity contribution in [2.24, 2.45) is 0 Å². The van der Waals surface area contributed by atoms with E-state index in [9.17, 15) is 0 Å². The molecule has 0 atom stereocenters. The quantitative estimate of drug-likeness (QED) is 0.353. The van der Waals surface area contributed by atoms with Gasteiger partial charge in [-0.15, -0.1) is 0 Å². The van der Waals surface area contributed by atoms with Crippen LogP contribution in [-0.2, 0) is 16.0 Å². The number of nitrogens with zero attached hydrogens (tertiary/aromatic N) is 1. The summed E-state index contributed by atoms with van der Waals surface area (Å²) in [5.74, 6) is 1.59. The first-order chi connectivity index (χ1) is 15.4. The van der Waals surface area contributed by atoms with Crippen molar-refractivity contribution in [3.05, 3.63) is 82.4 Å². The fourth-order valence-electron chi connectivity index (χ4n) is 3.94. The Labute approximate surface area is 191 Å². The van der Waals surface area contributed by atoms with Gasteiger partial charge in [0.15, 0.2) is 13.6 Å². The predicted octanol–water partition coefficient (Wildman–Crippen LogP) is 6.22. The second kappa shape index (κ2) is 11.0. The van der Waals surface area contributed by atoms with E-state index in [2.05, 4.69) is 81.1 Å². The highest BCUT2D eigenvalue weighted by Gasteiger charge is 2.22. The van der Waals surface area contributed by atoms with Gasteiger partial charge in [0.2, 0.25) is 0 Å². The topological polar surface area (TPSA) is 40.2 Å². The second-order valence-electron chi connectivity index (χ2n) is 8.03. The molecule has 0 N–H and O–H groups in total. The standard InChI is InChI=1S/C27H33NO4/c1-19-12-21(3)26(31-17-29-5)24(14-19)28(16-23-10-8-7-9-11-23)25-15-20(2)13-22(4)27(25)32-18-30-6/h7-15H,16-18H2,1-6H3. The highest BCUT2D eigenvalue weighted by Crippen LogP contribution is 2.43. The largest absolute Gasteiger partial charge is 0.465 e. The summed E-state index contributed by atoms with van der Waals surface area (Å²) in [5.41, 5.74) is 7.54. The van der Waals surface area contributed by atoms with E-state index in [0.29, 0.717) is 6.54 Å². The van der Waals surface area contributed by atoms with Crippen LogP contribution in [-0.4, -0.2) is 27.8 Å². The van der Waals surface area contributed by atoms with E-state index in [-0.39, 0.29) is 13.6 Å². The number of hydrogen-bond acceptors (Lipinski definition) is 5. The van der Waals surface area contributed by atoms with Gasteiger partial charge in [-0.2, -0.15) is 0 Å². The molecule has 32 heavy (non-hydrogen) atoms. The summed E-state index contributed by atoms with van der Waals surface area (Å²) in [6, 6.07) is 19.0. The van der Waals surface area contributed by atoms with Crippen molar-refractivity contribution in [2.45, 2.75) is 34.2 Å². The number of methoxy groups -OCH3 is 2. The minimum absolute atomic E-state index is 0.177. The second-order valence-corrected chi connectivity index (χ2v) is 8.03. The molecule has 3 rings (SSSR count). The number of ether oxygens (including phenoxy) is 4. The van der Waals surface area contributed by atoms with Gasteiger partial charge >= 0.3 is 0 Å².